The molecule has 0 amide bonds. The molecule has 1 atom stereocenters. The molecule has 0 heterocycles. The largest absolute Gasteiger partial charge is 0.320 e. The lowest BCUT2D eigenvalue weighted by molar-refractivity contribution is 0.500. The number of hydrogen-bond donors (Lipinski definition) is 1. The summed E-state index contributed by atoms with van der Waals surface area (Å²) in [5.74, 6) is 0. The predicted molar refractivity (Wildman–Crippen MR) is 34.2 cm³/mol. The van der Waals surface area contributed by atoms with Crippen molar-refractivity contribution in [2.45, 2.75) is 26.2 Å². The summed E-state index contributed by atoms with van der Waals surface area (Å²) in [6, 6.07) is 0. The van der Waals surface area contributed by atoms with Gasteiger partial charge in [0.1, 0.15) is 0 Å². The van der Waals surface area contributed by atoms with Gasteiger partial charge in [0.05, 0.1) is 0 Å². The van der Waals surface area contributed by atoms with Crippen LogP contribution in [0.15, 0.2) is 0 Å². The van der Waals surface area contributed by atoms with Crippen LogP contribution in [-0.2, 0) is 4.57 Å². The molecule has 1 N–H and O–H groups in total. The van der Waals surface area contributed by atoms with E-state index in [-0.39, 0.29) is 0 Å². The van der Waals surface area contributed by atoms with E-state index in [4.69, 9.17) is 4.89 Å². The molecule has 0 aromatic rings. The highest BCUT2D eigenvalue weighted by atomic mass is 31.1. The van der Waals surface area contributed by atoms with Crippen LogP contribution in [0.25, 0.3) is 0 Å². The van der Waals surface area contributed by atoms with Crippen LogP contribution in [0.1, 0.15) is 26.2 Å². The van der Waals surface area contributed by atoms with Crippen molar-refractivity contribution in [3.05, 3.63) is 0 Å². The highest BCUT2D eigenvalue weighted by Crippen LogP contribution is 2.15. The molecule has 1 unspecified atom stereocenters. The maximum atomic E-state index is 10.0. The van der Waals surface area contributed by atoms with Gasteiger partial charge in [0.15, 0.2) is 0 Å². The smallest absolute Gasteiger partial charge is 0.209 e. The Hall–Kier alpha value is 0.0600. The lowest BCUT2D eigenvalue weighted by atomic mass is 10.3. The summed E-state index contributed by atoms with van der Waals surface area (Å²) < 4.78 is 10.0. The van der Waals surface area contributed by atoms with Gasteiger partial charge in [0, 0.05) is 6.16 Å². The van der Waals surface area contributed by atoms with E-state index in [2.05, 4.69) is 6.92 Å². The summed E-state index contributed by atoms with van der Waals surface area (Å²) in [4.78, 5) is 8.29. The average Bonchev–Trinajstić information content (AvgIpc) is 1.66. The second kappa shape index (κ2) is 5.20. The van der Waals surface area contributed by atoms with Crippen LogP contribution in [0.4, 0.5) is 0 Å². The summed E-state index contributed by atoms with van der Waals surface area (Å²) >= 11 is 0. The van der Waals surface area contributed by atoms with E-state index in [1.54, 1.807) is 0 Å². The first-order valence-corrected chi connectivity index (χ1v) is 4.30. The summed E-state index contributed by atoms with van der Waals surface area (Å²) in [7, 11) is -1.86. The minimum Gasteiger partial charge on any atom is -0.320 e. The first-order valence-electron chi connectivity index (χ1n) is 2.91. The van der Waals surface area contributed by atoms with Crippen LogP contribution < -0.4 is 0 Å². The monoisotopic (exact) mass is 135 g/mol. The molecule has 8 heavy (non-hydrogen) atoms. The van der Waals surface area contributed by atoms with Gasteiger partial charge in [0.25, 0.3) is 0 Å². The zero-order valence-corrected chi connectivity index (χ0v) is 6.03. The summed E-state index contributed by atoms with van der Waals surface area (Å²) in [5.41, 5.74) is 0. The quantitative estimate of drug-likeness (QED) is 0.472. The Morgan fingerprint density at radius 2 is 2.12 bits per heavy atom. The van der Waals surface area contributed by atoms with E-state index in [0.29, 0.717) is 6.16 Å². The molecule has 0 saturated heterocycles. The maximum Gasteiger partial charge on any atom is 0.209 e. The number of unbranched alkanes of at least 4 members (excludes halogenated alkanes) is 2. The molecule has 0 bridgehead atoms. The molecule has 2 nitrogen and oxygen atoms in total. The molecule has 0 aromatic heterocycles. The molecule has 0 aromatic carbocycles. The molecular weight excluding hydrogens is 123 g/mol. The van der Waals surface area contributed by atoms with Gasteiger partial charge in [-0.15, -0.1) is 0 Å². The van der Waals surface area contributed by atoms with E-state index in [1.165, 1.54) is 0 Å². The Morgan fingerprint density at radius 1 is 1.50 bits per heavy atom. The van der Waals surface area contributed by atoms with Crippen molar-refractivity contribution < 1.29 is 9.46 Å². The Morgan fingerprint density at radius 3 is 2.50 bits per heavy atom. The highest BCUT2D eigenvalue weighted by molar-refractivity contribution is 7.37. The number of rotatable bonds is 4. The van der Waals surface area contributed by atoms with Gasteiger partial charge in [-0.25, -0.2) is 0 Å². The van der Waals surface area contributed by atoms with E-state index in [9.17, 15) is 4.57 Å². The van der Waals surface area contributed by atoms with Crippen LogP contribution in [0.5, 0.6) is 0 Å². The molecular formula is C5H12O2P. The molecule has 0 aliphatic carbocycles. The van der Waals surface area contributed by atoms with Crippen LogP contribution in [0, 0.1) is 0 Å². The van der Waals surface area contributed by atoms with Crippen LogP contribution in [-0.4, -0.2) is 11.1 Å². The summed E-state index contributed by atoms with van der Waals surface area (Å²) in [6.07, 6.45) is 3.55. The van der Waals surface area contributed by atoms with Crippen molar-refractivity contribution in [2.24, 2.45) is 0 Å². The normalized spacial score (nSPS) is 11.5. The third-order valence-electron chi connectivity index (χ3n) is 0.953. The summed E-state index contributed by atoms with van der Waals surface area (Å²) in [6.45, 7) is 2.07. The molecule has 3 heteroatoms. The van der Waals surface area contributed by atoms with Crippen molar-refractivity contribution in [1.82, 2.24) is 0 Å². The predicted octanol–water partition coefficient (Wildman–Crippen LogP) is 1.91. The van der Waals surface area contributed by atoms with Crippen LogP contribution in [0.3, 0.4) is 0 Å². The minimum absolute atomic E-state index is 0.475. The molecule has 0 fully saturated rings. The third-order valence-corrected chi connectivity index (χ3v) is 1.65. The maximum absolute atomic E-state index is 10.0. The van der Waals surface area contributed by atoms with Crippen molar-refractivity contribution in [3.63, 3.8) is 0 Å². The van der Waals surface area contributed by atoms with Crippen molar-refractivity contribution in [1.29, 1.82) is 0 Å². The van der Waals surface area contributed by atoms with Crippen LogP contribution in [0.2, 0.25) is 0 Å². The Labute approximate surface area is 50.8 Å². The van der Waals surface area contributed by atoms with Crippen molar-refractivity contribution in [3.8, 4) is 0 Å². The fourth-order valence-electron chi connectivity index (χ4n) is 0.497. The van der Waals surface area contributed by atoms with Crippen LogP contribution >= 0.6 is 8.03 Å². The molecule has 1 radical (unpaired) electrons. The van der Waals surface area contributed by atoms with E-state index < -0.39 is 8.03 Å². The SMILES string of the molecule is CCCCC[P](=O)O. The Kier molecular flexibility index (Phi) is 5.24. The van der Waals surface area contributed by atoms with E-state index in [1.807, 2.05) is 0 Å². The molecule has 49 valence electrons. The van der Waals surface area contributed by atoms with Gasteiger partial charge >= 0.3 is 0 Å². The second-order valence-electron chi connectivity index (χ2n) is 1.78. The van der Waals surface area contributed by atoms with E-state index >= 15 is 0 Å². The molecule has 0 aliphatic rings. The lowest BCUT2D eigenvalue weighted by Gasteiger charge is -1.90. The van der Waals surface area contributed by atoms with Crippen molar-refractivity contribution in [2.75, 3.05) is 6.16 Å². The second-order valence-corrected chi connectivity index (χ2v) is 2.93. The molecule has 0 saturated carbocycles. The average molecular weight is 135 g/mol. The fraction of sp³-hybridized carbons (Fsp3) is 1.00. The topological polar surface area (TPSA) is 37.3 Å². The van der Waals surface area contributed by atoms with Gasteiger partial charge in [-0.05, 0) is 6.42 Å². The minimum atomic E-state index is -1.86. The summed E-state index contributed by atoms with van der Waals surface area (Å²) in [5, 5.41) is 0. The standard InChI is InChI=1S/C5H12O2P/c1-2-3-4-5-8(6)7/h2-5H2,1H3,(H,6,7). The molecule has 0 aliphatic heterocycles. The molecule has 0 rings (SSSR count). The zero-order valence-electron chi connectivity index (χ0n) is 5.13. The lowest BCUT2D eigenvalue weighted by Crippen LogP contribution is -1.76. The molecule has 0 spiro atoms. The first-order chi connectivity index (χ1) is 3.77. The van der Waals surface area contributed by atoms with Gasteiger partial charge in [-0.1, -0.05) is 19.8 Å². The van der Waals surface area contributed by atoms with E-state index in [0.717, 1.165) is 19.3 Å². The highest BCUT2D eigenvalue weighted by Gasteiger charge is 1.91. The zero-order chi connectivity index (χ0) is 6.41. The Balaban J connectivity index is 2.82. The fourth-order valence-corrected chi connectivity index (χ4v) is 0.991. The van der Waals surface area contributed by atoms with Gasteiger partial charge in [0.2, 0.25) is 8.03 Å². The Bertz CT molecular complexity index is 72.8. The van der Waals surface area contributed by atoms with Gasteiger partial charge in [-0.3, -0.25) is 4.57 Å². The first kappa shape index (κ1) is 8.06. The third kappa shape index (κ3) is 6.06. The van der Waals surface area contributed by atoms with Crippen molar-refractivity contribution >= 4 is 8.03 Å². The van der Waals surface area contributed by atoms with Gasteiger partial charge < -0.3 is 4.89 Å². The van der Waals surface area contributed by atoms with Gasteiger partial charge in [-0.2, -0.15) is 0 Å². The number of hydrogen-bond acceptors (Lipinski definition) is 1.